The molecule has 0 amide bonds. The third-order valence-corrected chi connectivity index (χ3v) is 3.83. The highest BCUT2D eigenvalue weighted by molar-refractivity contribution is 4.73. The van der Waals surface area contributed by atoms with Crippen molar-refractivity contribution in [2.45, 2.75) is 51.4 Å². The summed E-state index contributed by atoms with van der Waals surface area (Å²) in [5, 5.41) is 7.14. The van der Waals surface area contributed by atoms with Crippen molar-refractivity contribution in [3.8, 4) is 0 Å². The zero-order valence-corrected chi connectivity index (χ0v) is 10.9. The fourth-order valence-corrected chi connectivity index (χ4v) is 2.80. The van der Waals surface area contributed by atoms with Gasteiger partial charge in [0.25, 0.3) is 0 Å². The second-order valence-corrected chi connectivity index (χ2v) is 5.08. The van der Waals surface area contributed by atoms with Crippen molar-refractivity contribution in [3.63, 3.8) is 0 Å². The number of hydrogen-bond acceptors (Lipinski definition) is 2. The minimum Gasteiger partial charge on any atom is -0.0940 e. The number of rotatable bonds is 8. The average Bonchev–Trinajstić information content (AvgIpc) is 2.41. The van der Waals surface area contributed by atoms with E-state index in [1.54, 1.807) is 0 Å². The standard InChI is InChI=1S/C12H22N6/c13-17-15-9-1-3-11-5-7-12(8-6-11)4-2-10-16-18-14/h11-12H,1-10H2. The van der Waals surface area contributed by atoms with Crippen LogP contribution >= 0.6 is 0 Å². The lowest BCUT2D eigenvalue weighted by atomic mass is 9.78. The molecule has 100 valence electrons. The van der Waals surface area contributed by atoms with Crippen LogP contribution < -0.4 is 0 Å². The number of nitrogens with zero attached hydrogens (tertiary/aromatic N) is 6. The Labute approximate surface area is 108 Å². The van der Waals surface area contributed by atoms with Crippen LogP contribution in [-0.4, -0.2) is 13.1 Å². The smallest absolute Gasteiger partial charge is 0.0258 e. The van der Waals surface area contributed by atoms with Gasteiger partial charge < -0.3 is 0 Å². The Morgan fingerprint density at radius 3 is 1.50 bits per heavy atom. The van der Waals surface area contributed by atoms with Gasteiger partial charge in [-0.2, -0.15) is 0 Å². The quantitative estimate of drug-likeness (QED) is 0.251. The molecule has 1 fully saturated rings. The predicted octanol–water partition coefficient (Wildman–Crippen LogP) is 4.97. The van der Waals surface area contributed by atoms with E-state index >= 15 is 0 Å². The first-order valence-corrected chi connectivity index (χ1v) is 6.88. The van der Waals surface area contributed by atoms with Gasteiger partial charge in [0.05, 0.1) is 0 Å². The number of azide groups is 2. The minimum atomic E-state index is 0.641. The van der Waals surface area contributed by atoms with Crippen molar-refractivity contribution in [2.75, 3.05) is 13.1 Å². The van der Waals surface area contributed by atoms with Crippen LogP contribution in [0.1, 0.15) is 51.4 Å². The van der Waals surface area contributed by atoms with E-state index in [1.165, 1.54) is 38.5 Å². The predicted molar refractivity (Wildman–Crippen MR) is 71.9 cm³/mol. The second kappa shape index (κ2) is 9.63. The first kappa shape index (κ1) is 14.7. The molecule has 0 unspecified atom stereocenters. The van der Waals surface area contributed by atoms with Crippen molar-refractivity contribution >= 4 is 0 Å². The summed E-state index contributed by atoms with van der Waals surface area (Å²) in [6, 6.07) is 0. The molecule has 6 nitrogen and oxygen atoms in total. The van der Waals surface area contributed by atoms with Crippen LogP contribution in [0, 0.1) is 11.8 Å². The Hall–Kier alpha value is -1.38. The van der Waals surface area contributed by atoms with Crippen molar-refractivity contribution < 1.29 is 0 Å². The lowest BCUT2D eigenvalue weighted by molar-refractivity contribution is 0.249. The zero-order valence-electron chi connectivity index (χ0n) is 10.9. The molecule has 1 rings (SSSR count). The Morgan fingerprint density at radius 2 is 1.17 bits per heavy atom. The van der Waals surface area contributed by atoms with Gasteiger partial charge in [-0.3, -0.25) is 0 Å². The molecule has 0 heterocycles. The fourth-order valence-electron chi connectivity index (χ4n) is 2.80. The molecule has 0 spiro atoms. The monoisotopic (exact) mass is 250 g/mol. The topological polar surface area (TPSA) is 97.5 Å². The van der Waals surface area contributed by atoms with Gasteiger partial charge in [-0.25, -0.2) is 0 Å². The summed E-state index contributed by atoms with van der Waals surface area (Å²) in [5.41, 5.74) is 16.4. The van der Waals surface area contributed by atoms with E-state index in [4.69, 9.17) is 11.1 Å². The lowest BCUT2D eigenvalue weighted by Gasteiger charge is -2.28. The zero-order chi connectivity index (χ0) is 13.1. The molecule has 0 bridgehead atoms. The molecule has 0 atom stereocenters. The molecule has 1 aliphatic rings. The molecular weight excluding hydrogens is 228 g/mol. The van der Waals surface area contributed by atoms with Crippen molar-refractivity contribution in [3.05, 3.63) is 20.9 Å². The fraction of sp³-hybridized carbons (Fsp3) is 1.00. The second-order valence-electron chi connectivity index (χ2n) is 5.08. The highest BCUT2D eigenvalue weighted by Crippen LogP contribution is 2.33. The Balaban J connectivity index is 2.05. The van der Waals surface area contributed by atoms with Gasteiger partial charge >= 0.3 is 0 Å². The Morgan fingerprint density at radius 1 is 0.778 bits per heavy atom. The van der Waals surface area contributed by atoms with Gasteiger partial charge in [0.2, 0.25) is 0 Å². The first-order chi connectivity index (χ1) is 8.86. The lowest BCUT2D eigenvalue weighted by Crippen LogP contribution is -2.15. The normalized spacial score (nSPS) is 22.9. The molecular formula is C12H22N6. The summed E-state index contributed by atoms with van der Waals surface area (Å²) in [6.45, 7) is 1.28. The Kier molecular flexibility index (Phi) is 7.85. The molecule has 0 N–H and O–H groups in total. The molecule has 18 heavy (non-hydrogen) atoms. The maximum absolute atomic E-state index is 8.19. The van der Waals surface area contributed by atoms with E-state index < -0.39 is 0 Å². The average molecular weight is 250 g/mol. The molecule has 0 radical (unpaired) electrons. The van der Waals surface area contributed by atoms with Crippen molar-refractivity contribution in [1.82, 2.24) is 0 Å². The van der Waals surface area contributed by atoms with Gasteiger partial charge in [0.15, 0.2) is 0 Å². The van der Waals surface area contributed by atoms with Crippen LogP contribution in [0.5, 0.6) is 0 Å². The molecule has 6 heteroatoms. The summed E-state index contributed by atoms with van der Waals surface area (Å²) in [4.78, 5) is 5.54. The summed E-state index contributed by atoms with van der Waals surface area (Å²) < 4.78 is 0. The summed E-state index contributed by atoms with van der Waals surface area (Å²) >= 11 is 0. The third-order valence-electron chi connectivity index (χ3n) is 3.83. The molecule has 0 aromatic heterocycles. The molecule has 0 aromatic carbocycles. The minimum absolute atomic E-state index is 0.641. The summed E-state index contributed by atoms with van der Waals surface area (Å²) in [5.74, 6) is 1.65. The highest BCUT2D eigenvalue weighted by atomic mass is 15.1. The maximum Gasteiger partial charge on any atom is 0.0258 e. The summed E-state index contributed by atoms with van der Waals surface area (Å²) in [6.07, 6.45) is 9.68. The SMILES string of the molecule is [N-]=[N+]=NCCCC1CCC(CCCN=[N+]=[N-])CC1. The third kappa shape index (κ3) is 6.38. The van der Waals surface area contributed by atoms with Crippen LogP contribution in [0.4, 0.5) is 0 Å². The van der Waals surface area contributed by atoms with Gasteiger partial charge in [-0.1, -0.05) is 48.8 Å². The van der Waals surface area contributed by atoms with Crippen LogP contribution in [0.3, 0.4) is 0 Å². The van der Waals surface area contributed by atoms with Crippen LogP contribution in [0.15, 0.2) is 10.2 Å². The van der Waals surface area contributed by atoms with Crippen LogP contribution in [-0.2, 0) is 0 Å². The molecule has 1 aliphatic carbocycles. The van der Waals surface area contributed by atoms with Crippen molar-refractivity contribution in [2.24, 2.45) is 22.1 Å². The van der Waals surface area contributed by atoms with Gasteiger partial charge in [-0.05, 0) is 35.7 Å². The van der Waals surface area contributed by atoms with E-state index in [9.17, 15) is 0 Å². The van der Waals surface area contributed by atoms with Gasteiger partial charge in [0.1, 0.15) is 0 Å². The largest absolute Gasteiger partial charge is 0.0940 e. The first-order valence-electron chi connectivity index (χ1n) is 6.88. The summed E-state index contributed by atoms with van der Waals surface area (Å²) in [7, 11) is 0. The van der Waals surface area contributed by atoms with Crippen molar-refractivity contribution in [1.29, 1.82) is 0 Å². The van der Waals surface area contributed by atoms with E-state index in [0.717, 1.165) is 24.7 Å². The van der Waals surface area contributed by atoms with Gasteiger partial charge in [0, 0.05) is 22.9 Å². The molecule has 0 aliphatic heterocycles. The van der Waals surface area contributed by atoms with E-state index in [1.807, 2.05) is 0 Å². The molecule has 0 saturated heterocycles. The van der Waals surface area contributed by atoms with Crippen LogP contribution in [0.25, 0.3) is 20.9 Å². The molecule has 1 saturated carbocycles. The Bertz CT molecular complexity index is 277. The van der Waals surface area contributed by atoms with Crippen LogP contribution in [0.2, 0.25) is 0 Å². The molecule has 0 aromatic rings. The number of hydrogen-bond donors (Lipinski definition) is 0. The van der Waals surface area contributed by atoms with E-state index in [2.05, 4.69) is 20.1 Å². The van der Waals surface area contributed by atoms with E-state index in [-0.39, 0.29) is 0 Å². The van der Waals surface area contributed by atoms with Gasteiger partial charge in [-0.15, -0.1) is 0 Å². The highest BCUT2D eigenvalue weighted by Gasteiger charge is 2.20. The van der Waals surface area contributed by atoms with E-state index in [0.29, 0.717) is 13.1 Å². The maximum atomic E-state index is 8.19.